The molecule has 0 heterocycles. The number of nitriles is 2. The number of benzene rings is 1. The summed E-state index contributed by atoms with van der Waals surface area (Å²) in [6, 6.07) is 5.63. The Labute approximate surface area is 98.6 Å². The molecule has 1 aromatic carbocycles. The van der Waals surface area contributed by atoms with E-state index in [1.807, 2.05) is 13.0 Å². The summed E-state index contributed by atoms with van der Waals surface area (Å²) in [5.74, 6) is 0. The fourth-order valence-electron chi connectivity index (χ4n) is 1.48. The van der Waals surface area contributed by atoms with Gasteiger partial charge in [-0.15, -0.1) is 0 Å². The maximum Gasteiger partial charge on any atom is 0.0995 e. The Morgan fingerprint density at radius 3 is 2.40 bits per heavy atom. The van der Waals surface area contributed by atoms with E-state index in [1.165, 1.54) is 0 Å². The van der Waals surface area contributed by atoms with E-state index in [4.69, 9.17) is 33.7 Å². The molecule has 0 unspecified atom stereocenters. The number of rotatable bonds is 2. The van der Waals surface area contributed by atoms with Gasteiger partial charge in [-0.25, -0.2) is 0 Å². The lowest BCUT2D eigenvalue weighted by molar-refractivity contribution is 1.07. The summed E-state index contributed by atoms with van der Waals surface area (Å²) in [6.07, 6.45) is 0.841. The molecule has 0 aliphatic rings. The first-order valence-corrected chi connectivity index (χ1v) is 5.18. The molecule has 4 heteroatoms. The quantitative estimate of drug-likeness (QED) is 0.792. The number of nitrogens with zero attached hydrogens (tertiary/aromatic N) is 2. The Bertz CT molecular complexity index is 467. The van der Waals surface area contributed by atoms with Crippen LogP contribution in [0, 0.1) is 22.7 Å². The lowest BCUT2D eigenvalue weighted by Gasteiger charge is -2.10. The zero-order valence-electron chi connectivity index (χ0n) is 8.14. The van der Waals surface area contributed by atoms with Crippen LogP contribution in [-0.2, 0) is 12.8 Å². The number of hydrogen-bond donors (Lipinski definition) is 0. The number of halogens is 2. The highest BCUT2D eigenvalue weighted by atomic mass is 35.5. The summed E-state index contributed by atoms with van der Waals surface area (Å²) in [5.41, 5.74) is 1.98. The Morgan fingerprint density at radius 2 is 1.93 bits per heavy atom. The van der Waals surface area contributed by atoms with Crippen LogP contribution in [-0.4, -0.2) is 0 Å². The molecule has 1 aromatic rings. The van der Waals surface area contributed by atoms with Crippen LogP contribution in [0.15, 0.2) is 6.07 Å². The van der Waals surface area contributed by atoms with Gasteiger partial charge in [0, 0.05) is 0 Å². The van der Waals surface area contributed by atoms with Crippen molar-refractivity contribution in [2.75, 3.05) is 0 Å². The maximum absolute atomic E-state index is 8.92. The van der Waals surface area contributed by atoms with Gasteiger partial charge < -0.3 is 0 Å². The summed E-state index contributed by atoms with van der Waals surface area (Å²) in [7, 11) is 0. The molecule has 76 valence electrons. The van der Waals surface area contributed by atoms with Gasteiger partial charge in [-0.1, -0.05) is 30.1 Å². The van der Waals surface area contributed by atoms with Gasteiger partial charge in [0.05, 0.1) is 34.2 Å². The van der Waals surface area contributed by atoms with Crippen LogP contribution in [0.1, 0.15) is 23.6 Å². The van der Waals surface area contributed by atoms with Crippen LogP contribution in [0.5, 0.6) is 0 Å². The van der Waals surface area contributed by atoms with Gasteiger partial charge in [0.1, 0.15) is 0 Å². The molecule has 0 N–H and O–H groups in total. The molecular formula is C11H8Cl2N2. The van der Waals surface area contributed by atoms with Crippen LogP contribution in [0.4, 0.5) is 0 Å². The zero-order chi connectivity index (χ0) is 11.4. The minimum Gasteiger partial charge on any atom is -0.198 e. The second kappa shape index (κ2) is 5.03. The summed E-state index contributed by atoms with van der Waals surface area (Å²) in [6.45, 7) is 1.92. The van der Waals surface area contributed by atoms with E-state index in [-0.39, 0.29) is 6.42 Å². The molecule has 0 radical (unpaired) electrons. The summed E-state index contributed by atoms with van der Waals surface area (Å²) in [4.78, 5) is 0. The van der Waals surface area contributed by atoms with E-state index in [9.17, 15) is 0 Å². The number of hydrogen-bond acceptors (Lipinski definition) is 2. The molecule has 15 heavy (non-hydrogen) atoms. The molecule has 0 aliphatic carbocycles. The molecule has 0 saturated carbocycles. The molecule has 0 bridgehead atoms. The van der Waals surface area contributed by atoms with Crippen LogP contribution in [0.25, 0.3) is 0 Å². The standard InChI is InChI=1S/C11H8Cl2N2/c1-2-8-7(6-15)5-10(12)11(13)9(8)3-4-14/h5H,2-3H2,1H3. The van der Waals surface area contributed by atoms with Crippen molar-refractivity contribution in [1.29, 1.82) is 10.5 Å². The van der Waals surface area contributed by atoms with Gasteiger partial charge in [0.15, 0.2) is 0 Å². The van der Waals surface area contributed by atoms with E-state index < -0.39 is 0 Å². The van der Waals surface area contributed by atoms with E-state index >= 15 is 0 Å². The highest BCUT2D eigenvalue weighted by molar-refractivity contribution is 6.42. The Morgan fingerprint density at radius 1 is 1.27 bits per heavy atom. The molecule has 0 amide bonds. The third-order valence-corrected chi connectivity index (χ3v) is 2.99. The molecule has 0 aliphatic heterocycles. The van der Waals surface area contributed by atoms with E-state index in [2.05, 4.69) is 6.07 Å². The summed E-state index contributed by atoms with van der Waals surface area (Å²) >= 11 is 11.9. The van der Waals surface area contributed by atoms with Crippen molar-refractivity contribution in [3.05, 3.63) is 32.8 Å². The lowest BCUT2D eigenvalue weighted by Crippen LogP contribution is -1.98. The van der Waals surface area contributed by atoms with E-state index in [0.29, 0.717) is 27.6 Å². The van der Waals surface area contributed by atoms with Crippen LogP contribution < -0.4 is 0 Å². The molecule has 0 fully saturated rings. The first-order valence-electron chi connectivity index (χ1n) is 4.42. The lowest BCUT2D eigenvalue weighted by atomic mass is 9.97. The van der Waals surface area contributed by atoms with Gasteiger partial charge in [0.25, 0.3) is 0 Å². The summed E-state index contributed by atoms with van der Waals surface area (Å²) in [5, 5.41) is 18.3. The molecular weight excluding hydrogens is 231 g/mol. The van der Waals surface area contributed by atoms with Crippen molar-refractivity contribution in [3.8, 4) is 12.1 Å². The smallest absolute Gasteiger partial charge is 0.0995 e. The minimum atomic E-state index is 0.178. The average Bonchev–Trinajstić information content (AvgIpc) is 2.24. The molecule has 1 rings (SSSR count). The predicted molar refractivity (Wildman–Crippen MR) is 59.9 cm³/mol. The van der Waals surface area contributed by atoms with Gasteiger partial charge in [0.2, 0.25) is 0 Å². The molecule has 0 atom stereocenters. The maximum atomic E-state index is 8.92. The largest absolute Gasteiger partial charge is 0.198 e. The van der Waals surface area contributed by atoms with Crippen molar-refractivity contribution in [1.82, 2.24) is 0 Å². The third kappa shape index (κ3) is 2.23. The van der Waals surface area contributed by atoms with E-state index in [0.717, 1.165) is 5.56 Å². The van der Waals surface area contributed by atoms with Crippen LogP contribution in [0.3, 0.4) is 0 Å². The van der Waals surface area contributed by atoms with Crippen molar-refractivity contribution >= 4 is 23.2 Å². The van der Waals surface area contributed by atoms with Gasteiger partial charge in [-0.2, -0.15) is 10.5 Å². The molecule has 2 nitrogen and oxygen atoms in total. The fourth-order valence-corrected chi connectivity index (χ4v) is 1.94. The topological polar surface area (TPSA) is 47.6 Å². The van der Waals surface area contributed by atoms with Crippen molar-refractivity contribution < 1.29 is 0 Å². The Balaban J connectivity index is 3.52. The van der Waals surface area contributed by atoms with E-state index in [1.54, 1.807) is 6.07 Å². The fraction of sp³-hybridized carbons (Fsp3) is 0.273. The van der Waals surface area contributed by atoms with Gasteiger partial charge in [-0.05, 0) is 23.6 Å². The van der Waals surface area contributed by atoms with Crippen molar-refractivity contribution in [3.63, 3.8) is 0 Å². The molecule has 0 saturated heterocycles. The van der Waals surface area contributed by atoms with Crippen molar-refractivity contribution in [2.24, 2.45) is 0 Å². The highest BCUT2D eigenvalue weighted by Gasteiger charge is 2.14. The first kappa shape index (κ1) is 11.9. The SMILES string of the molecule is CCc1c(C#N)cc(Cl)c(Cl)c1CC#N. The second-order valence-corrected chi connectivity index (χ2v) is 3.76. The van der Waals surface area contributed by atoms with Crippen molar-refractivity contribution in [2.45, 2.75) is 19.8 Å². The second-order valence-electron chi connectivity index (χ2n) is 2.98. The third-order valence-electron chi connectivity index (χ3n) is 2.16. The van der Waals surface area contributed by atoms with Crippen LogP contribution >= 0.6 is 23.2 Å². The highest BCUT2D eigenvalue weighted by Crippen LogP contribution is 2.31. The first-order chi connectivity index (χ1) is 7.15. The average molecular weight is 239 g/mol. The predicted octanol–water partition coefficient (Wildman–Crippen LogP) is 3.49. The Hall–Kier alpha value is -1.22. The zero-order valence-corrected chi connectivity index (χ0v) is 9.65. The molecule has 0 aromatic heterocycles. The minimum absolute atomic E-state index is 0.178. The Kier molecular flexibility index (Phi) is 3.97. The van der Waals surface area contributed by atoms with Gasteiger partial charge >= 0.3 is 0 Å². The summed E-state index contributed by atoms with van der Waals surface area (Å²) < 4.78 is 0. The van der Waals surface area contributed by atoms with Crippen LogP contribution in [0.2, 0.25) is 10.0 Å². The monoisotopic (exact) mass is 238 g/mol. The normalized spacial score (nSPS) is 9.40. The molecule has 0 spiro atoms. The van der Waals surface area contributed by atoms with Gasteiger partial charge in [-0.3, -0.25) is 0 Å².